The van der Waals surface area contributed by atoms with Gasteiger partial charge in [-0.05, 0) is 53.7 Å². The third kappa shape index (κ3) is 10.7. The Morgan fingerprint density at radius 3 is 1.29 bits per heavy atom. The van der Waals surface area contributed by atoms with Crippen LogP contribution in [0.25, 0.3) is 0 Å². The molecule has 0 aliphatic rings. The highest BCUT2D eigenvalue weighted by Gasteiger charge is 2.01. The van der Waals surface area contributed by atoms with Gasteiger partial charge in [-0.25, -0.2) is 0 Å². The highest BCUT2D eigenvalue weighted by Crippen LogP contribution is 2.21. The van der Waals surface area contributed by atoms with Gasteiger partial charge in [0.1, 0.15) is 11.5 Å². The Balaban J connectivity index is 0.000000447. The van der Waals surface area contributed by atoms with E-state index >= 15 is 0 Å². The highest BCUT2D eigenvalue weighted by molar-refractivity contribution is 5.33. The number of benzene rings is 2. The van der Waals surface area contributed by atoms with Gasteiger partial charge in [0.25, 0.3) is 0 Å². The Morgan fingerprint density at radius 2 is 1.00 bits per heavy atom. The molecular formula is C22H34O2. The number of ether oxygens (including phenoxy) is 2. The molecule has 0 radical (unpaired) electrons. The van der Waals surface area contributed by atoms with Crippen LogP contribution in [-0.4, -0.2) is 12.2 Å². The minimum Gasteiger partial charge on any atom is -0.491 e. The average Bonchev–Trinajstić information content (AvgIpc) is 2.48. The SMILES string of the molecule is CC.CC(C)Oc1cccc(OC(C)C)c1.Cc1cccc(C)c1. The molecule has 2 aromatic carbocycles. The standard InChI is InChI=1S/C12H18O2.C8H10.C2H6/c1-9(2)13-11-6-5-7-12(8-11)14-10(3)4;1-7-4-3-5-8(2)6-7;1-2/h5-10H,1-4H3;3-6H,1-2H3;1-2H3. The Kier molecular flexibility index (Phi) is 11.4. The van der Waals surface area contributed by atoms with E-state index in [-0.39, 0.29) is 12.2 Å². The number of aryl methyl sites for hydroxylation is 2. The van der Waals surface area contributed by atoms with Crippen molar-refractivity contribution in [1.29, 1.82) is 0 Å². The third-order valence-electron chi connectivity index (χ3n) is 2.72. The fraction of sp³-hybridized carbons (Fsp3) is 0.455. The van der Waals surface area contributed by atoms with Gasteiger partial charge in [-0.15, -0.1) is 0 Å². The zero-order chi connectivity index (χ0) is 18.5. The van der Waals surface area contributed by atoms with E-state index < -0.39 is 0 Å². The molecule has 0 aliphatic heterocycles. The van der Waals surface area contributed by atoms with Crippen molar-refractivity contribution in [2.45, 2.75) is 67.6 Å². The summed E-state index contributed by atoms with van der Waals surface area (Å²) in [5.41, 5.74) is 2.68. The summed E-state index contributed by atoms with van der Waals surface area (Å²) in [7, 11) is 0. The van der Waals surface area contributed by atoms with Crippen molar-refractivity contribution in [3.05, 3.63) is 59.7 Å². The van der Waals surface area contributed by atoms with Gasteiger partial charge >= 0.3 is 0 Å². The second kappa shape index (κ2) is 12.5. The summed E-state index contributed by atoms with van der Waals surface area (Å²) < 4.78 is 11.1. The smallest absolute Gasteiger partial charge is 0.123 e. The molecule has 0 saturated carbocycles. The first-order valence-electron chi connectivity index (χ1n) is 8.83. The molecule has 0 heterocycles. The van der Waals surface area contributed by atoms with Crippen LogP contribution in [0.15, 0.2) is 48.5 Å². The Bertz CT molecular complexity index is 517. The van der Waals surface area contributed by atoms with Crippen LogP contribution in [0.2, 0.25) is 0 Å². The molecule has 0 amide bonds. The molecule has 0 saturated heterocycles. The first-order chi connectivity index (χ1) is 11.4. The average molecular weight is 331 g/mol. The third-order valence-corrected chi connectivity index (χ3v) is 2.72. The Hall–Kier alpha value is -1.96. The second-order valence-corrected chi connectivity index (χ2v) is 5.97. The molecule has 0 atom stereocenters. The van der Waals surface area contributed by atoms with E-state index in [4.69, 9.17) is 9.47 Å². The van der Waals surface area contributed by atoms with Crippen molar-refractivity contribution < 1.29 is 9.47 Å². The second-order valence-electron chi connectivity index (χ2n) is 5.97. The minimum absolute atomic E-state index is 0.198. The molecule has 0 N–H and O–H groups in total. The van der Waals surface area contributed by atoms with Crippen LogP contribution in [0.4, 0.5) is 0 Å². The molecule has 2 rings (SSSR count). The lowest BCUT2D eigenvalue weighted by atomic mass is 10.2. The monoisotopic (exact) mass is 330 g/mol. The van der Waals surface area contributed by atoms with Gasteiger partial charge in [0.05, 0.1) is 12.2 Å². The lowest BCUT2D eigenvalue weighted by Gasteiger charge is -2.13. The summed E-state index contributed by atoms with van der Waals surface area (Å²) in [6.07, 6.45) is 0.397. The van der Waals surface area contributed by atoms with Crippen LogP contribution in [0.5, 0.6) is 11.5 Å². The molecule has 134 valence electrons. The van der Waals surface area contributed by atoms with Gasteiger partial charge < -0.3 is 9.47 Å². The maximum absolute atomic E-state index is 5.56. The molecule has 0 fully saturated rings. The molecular weight excluding hydrogens is 296 g/mol. The summed E-state index contributed by atoms with van der Waals surface area (Å²) >= 11 is 0. The van der Waals surface area contributed by atoms with Gasteiger partial charge in [-0.2, -0.15) is 0 Å². The zero-order valence-corrected chi connectivity index (χ0v) is 16.6. The molecule has 0 aliphatic carbocycles. The largest absolute Gasteiger partial charge is 0.491 e. The Morgan fingerprint density at radius 1 is 0.625 bits per heavy atom. The molecule has 2 aromatic rings. The van der Waals surface area contributed by atoms with E-state index in [2.05, 4.69) is 38.1 Å². The molecule has 0 unspecified atom stereocenters. The van der Waals surface area contributed by atoms with Crippen molar-refractivity contribution in [3.63, 3.8) is 0 Å². The normalized spacial score (nSPS) is 9.58. The predicted octanol–water partition coefficient (Wildman–Crippen LogP) is 6.59. The lowest BCUT2D eigenvalue weighted by molar-refractivity contribution is 0.229. The molecule has 0 aromatic heterocycles. The first kappa shape index (κ1) is 22.0. The fourth-order valence-corrected chi connectivity index (χ4v) is 1.97. The van der Waals surface area contributed by atoms with Crippen LogP contribution < -0.4 is 9.47 Å². The molecule has 0 bridgehead atoms. The zero-order valence-electron chi connectivity index (χ0n) is 16.6. The van der Waals surface area contributed by atoms with Crippen LogP contribution in [0, 0.1) is 13.8 Å². The van der Waals surface area contributed by atoms with Crippen LogP contribution in [0.3, 0.4) is 0 Å². The Labute approximate surface area is 148 Å². The van der Waals surface area contributed by atoms with Gasteiger partial charge in [0, 0.05) is 6.07 Å². The quantitative estimate of drug-likeness (QED) is 0.629. The summed E-state index contributed by atoms with van der Waals surface area (Å²) in [5, 5.41) is 0. The summed E-state index contributed by atoms with van der Waals surface area (Å²) in [4.78, 5) is 0. The van der Waals surface area contributed by atoms with E-state index in [9.17, 15) is 0 Å². The van der Waals surface area contributed by atoms with E-state index in [1.54, 1.807) is 0 Å². The van der Waals surface area contributed by atoms with E-state index in [0.29, 0.717) is 0 Å². The minimum atomic E-state index is 0.198. The maximum atomic E-state index is 5.56. The fourth-order valence-electron chi connectivity index (χ4n) is 1.97. The highest BCUT2D eigenvalue weighted by atomic mass is 16.5. The van der Waals surface area contributed by atoms with Crippen molar-refractivity contribution in [2.75, 3.05) is 0 Å². The van der Waals surface area contributed by atoms with Gasteiger partial charge in [-0.3, -0.25) is 0 Å². The van der Waals surface area contributed by atoms with Gasteiger partial charge in [-0.1, -0.05) is 55.3 Å². The predicted molar refractivity (Wildman–Crippen MR) is 105 cm³/mol. The van der Waals surface area contributed by atoms with Gasteiger partial charge in [0.15, 0.2) is 0 Å². The number of hydrogen-bond donors (Lipinski definition) is 0. The van der Waals surface area contributed by atoms with Crippen LogP contribution in [0.1, 0.15) is 52.7 Å². The number of hydrogen-bond acceptors (Lipinski definition) is 2. The summed E-state index contributed by atoms with van der Waals surface area (Å²) in [6.45, 7) is 16.2. The van der Waals surface area contributed by atoms with Crippen molar-refractivity contribution in [2.24, 2.45) is 0 Å². The summed E-state index contributed by atoms with van der Waals surface area (Å²) in [6, 6.07) is 16.2. The molecule has 24 heavy (non-hydrogen) atoms. The topological polar surface area (TPSA) is 18.5 Å². The van der Waals surface area contributed by atoms with Gasteiger partial charge in [0.2, 0.25) is 0 Å². The van der Waals surface area contributed by atoms with E-state index in [1.807, 2.05) is 65.8 Å². The van der Waals surface area contributed by atoms with Crippen molar-refractivity contribution >= 4 is 0 Å². The first-order valence-corrected chi connectivity index (χ1v) is 8.83. The number of rotatable bonds is 4. The molecule has 2 nitrogen and oxygen atoms in total. The van der Waals surface area contributed by atoms with Crippen molar-refractivity contribution in [3.8, 4) is 11.5 Å². The lowest BCUT2D eigenvalue weighted by Crippen LogP contribution is -2.07. The maximum Gasteiger partial charge on any atom is 0.123 e. The van der Waals surface area contributed by atoms with E-state index in [0.717, 1.165) is 11.5 Å². The van der Waals surface area contributed by atoms with Crippen LogP contribution >= 0.6 is 0 Å². The summed E-state index contributed by atoms with van der Waals surface area (Å²) in [5.74, 6) is 1.72. The van der Waals surface area contributed by atoms with Crippen LogP contribution in [-0.2, 0) is 0 Å². The van der Waals surface area contributed by atoms with Crippen molar-refractivity contribution in [1.82, 2.24) is 0 Å². The molecule has 0 spiro atoms. The van der Waals surface area contributed by atoms with E-state index in [1.165, 1.54) is 11.1 Å². The molecule has 2 heteroatoms.